The molecule has 0 aliphatic carbocycles. The van der Waals surface area contributed by atoms with Crippen LogP contribution in [0.5, 0.6) is 17.2 Å². The Labute approximate surface area is 361 Å². The number of carboxylic acids is 1. The highest BCUT2D eigenvalue weighted by molar-refractivity contribution is 6.09. The number of aromatic hydroxyl groups is 3. The lowest BCUT2D eigenvalue weighted by Gasteiger charge is -2.16. The zero-order chi connectivity index (χ0) is 45.4. The molecule has 1 atom stereocenters. The number of aromatic carboxylic acids is 1. The summed E-state index contributed by atoms with van der Waals surface area (Å²) in [5.41, 5.74) is 3.85. The van der Waals surface area contributed by atoms with Crippen molar-refractivity contribution in [2.45, 2.75) is 40.0 Å². The van der Waals surface area contributed by atoms with Crippen molar-refractivity contribution >= 4 is 58.4 Å². The maximum Gasteiger partial charge on any atom is 0.339 e. The van der Waals surface area contributed by atoms with Crippen molar-refractivity contribution in [1.29, 1.82) is 0 Å². The fraction of sp³-hybridized carbons (Fsp3) is 0.146. The summed E-state index contributed by atoms with van der Waals surface area (Å²) in [4.78, 5) is 84.6. The van der Waals surface area contributed by atoms with E-state index in [1.54, 1.807) is 67.7 Å². The molecule has 5 aromatic carbocycles. The number of H-pyrrole nitrogens is 1. The van der Waals surface area contributed by atoms with Crippen molar-refractivity contribution in [2.24, 2.45) is 5.92 Å². The van der Waals surface area contributed by atoms with Gasteiger partial charge in [0.15, 0.2) is 11.6 Å². The second-order valence-corrected chi connectivity index (χ2v) is 14.9. The Morgan fingerprint density at radius 2 is 1.29 bits per heavy atom. The van der Waals surface area contributed by atoms with Crippen LogP contribution in [0, 0.1) is 19.8 Å². The molecule has 0 bridgehead atoms. The number of benzene rings is 5. The zero-order valence-corrected chi connectivity index (χ0v) is 34.4. The number of allylic oxidation sites excluding steroid dienone is 1. The summed E-state index contributed by atoms with van der Waals surface area (Å²) in [6, 6.07) is 24.4. The summed E-state index contributed by atoms with van der Waals surface area (Å²) in [6.45, 7) is 4.66. The van der Waals surface area contributed by atoms with Crippen molar-refractivity contribution in [1.82, 2.24) is 9.97 Å². The third kappa shape index (κ3) is 10.9. The molecule has 0 radical (unpaired) electrons. The zero-order valence-electron chi connectivity index (χ0n) is 34.4. The summed E-state index contributed by atoms with van der Waals surface area (Å²) in [7, 11) is 0. The number of amides is 3. The minimum absolute atomic E-state index is 0.0959. The van der Waals surface area contributed by atoms with Crippen molar-refractivity contribution in [3.05, 3.63) is 165 Å². The first-order chi connectivity index (χ1) is 30.1. The van der Waals surface area contributed by atoms with Gasteiger partial charge < -0.3 is 41.4 Å². The molecule has 15 heteroatoms. The van der Waals surface area contributed by atoms with Crippen LogP contribution in [-0.2, 0) is 22.4 Å². The third-order valence-electron chi connectivity index (χ3n) is 10.4. The fourth-order valence-electron chi connectivity index (χ4n) is 6.66. The van der Waals surface area contributed by atoms with E-state index in [0.29, 0.717) is 28.1 Å². The number of nitrogens with zero attached hydrogens (tertiary/aromatic N) is 1. The lowest BCUT2D eigenvalue weighted by Crippen LogP contribution is -2.27. The summed E-state index contributed by atoms with van der Waals surface area (Å²) in [5.74, 6) is -5.01. The average molecular weight is 850 g/mol. The number of carboxylic acid groups (broad SMARTS) is 1. The molecule has 0 fully saturated rings. The van der Waals surface area contributed by atoms with Gasteiger partial charge >= 0.3 is 5.97 Å². The maximum atomic E-state index is 13.7. The normalized spacial score (nSPS) is 11.6. The van der Waals surface area contributed by atoms with Gasteiger partial charge in [0.05, 0.1) is 17.8 Å². The molecule has 0 aliphatic rings. The van der Waals surface area contributed by atoms with E-state index in [9.17, 15) is 49.2 Å². The quantitative estimate of drug-likeness (QED) is 0.0347. The molecule has 0 spiro atoms. The minimum Gasteiger partial charge on any atom is -0.508 e. The van der Waals surface area contributed by atoms with Crippen molar-refractivity contribution < 1.29 is 49.2 Å². The molecule has 6 aromatic rings. The Bertz CT molecular complexity index is 2740. The number of phenolic OH excluding ortho intramolecular Hbond substituents is 2. The van der Waals surface area contributed by atoms with Gasteiger partial charge in [0, 0.05) is 70.5 Å². The molecule has 0 unspecified atom stereocenters. The Hall–Kier alpha value is -8.33. The largest absolute Gasteiger partial charge is 0.508 e. The van der Waals surface area contributed by atoms with Gasteiger partial charge in [-0.15, -0.1) is 0 Å². The summed E-state index contributed by atoms with van der Waals surface area (Å²) < 4.78 is 0. The SMILES string of the molecule is C/C(=C\c1ccc(O)cc1)C(=O)Cc1ccc(C(=O)C[C@H](Cc2cnc[nH]2)C(=O)Nc2ccc(C(=O)Nc3ccc(C(=O)Nc4ccc(C(=O)O)c(O)c4C)c(O)c3C)cc2)cc1. The number of aromatic nitrogens is 2. The molecule has 0 saturated heterocycles. The second-order valence-electron chi connectivity index (χ2n) is 14.9. The number of rotatable bonds is 16. The number of phenols is 3. The Balaban J connectivity index is 1.06. The van der Waals surface area contributed by atoms with E-state index < -0.39 is 41.1 Å². The van der Waals surface area contributed by atoms with Crippen molar-refractivity contribution in [2.75, 3.05) is 16.0 Å². The lowest BCUT2D eigenvalue weighted by atomic mass is 9.92. The number of imidazole rings is 1. The number of ketones is 2. The number of carbonyl (C=O) groups is 6. The Kier molecular flexibility index (Phi) is 13.6. The first kappa shape index (κ1) is 44.2. The monoisotopic (exact) mass is 849 g/mol. The van der Waals surface area contributed by atoms with Crippen LogP contribution in [-0.4, -0.2) is 65.7 Å². The average Bonchev–Trinajstić information content (AvgIpc) is 3.78. The van der Waals surface area contributed by atoms with E-state index >= 15 is 0 Å². The van der Waals surface area contributed by atoms with Crippen molar-refractivity contribution in [3.8, 4) is 17.2 Å². The highest BCUT2D eigenvalue weighted by Crippen LogP contribution is 2.33. The molecule has 1 heterocycles. The predicted molar refractivity (Wildman–Crippen MR) is 235 cm³/mol. The van der Waals surface area contributed by atoms with E-state index in [0.717, 1.165) is 11.6 Å². The van der Waals surface area contributed by atoms with Crippen molar-refractivity contribution in [3.63, 3.8) is 0 Å². The van der Waals surface area contributed by atoms with Gasteiger partial charge in [-0.05, 0) is 104 Å². The standard InChI is InChI=1S/C48H43N5O10/c1-26(20-29-6-14-36(54)15-7-29)41(55)21-30-4-8-31(9-5-30)42(56)23-33(22-35-24-49-25-50-35)46(60)51-34-12-10-32(11-13-34)45(59)52-39-18-16-37(43(57)27(39)2)47(61)53-40-19-17-38(48(62)63)44(58)28(40)3/h4-20,24-25,33,54,57-58H,21-23H2,1-3H3,(H,49,50)(H,51,60)(H,52,59)(H,53,61)(H,62,63)/b26-20+/t33-/m0/s1. The molecular formula is C48H43N5O10. The number of aromatic amines is 1. The van der Waals surface area contributed by atoms with Crippen LogP contribution >= 0.6 is 0 Å². The van der Waals surface area contributed by atoms with E-state index in [1.807, 2.05) is 0 Å². The van der Waals surface area contributed by atoms with E-state index in [1.165, 1.54) is 62.6 Å². The predicted octanol–water partition coefficient (Wildman–Crippen LogP) is 7.63. The van der Waals surface area contributed by atoms with Crippen LogP contribution in [0.4, 0.5) is 17.1 Å². The van der Waals surface area contributed by atoms with E-state index in [2.05, 4.69) is 25.9 Å². The molecule has 8 N–H and O–H groups in total. The first-order valence-corrected chi connectivity index (χ1v) is 19.6. The van der Waals surface area contributed by atoms with Crippen LogP contribution < -0.4 is 16.0 Å². The summed E-state index contributed by atoms with van der Waals surface area (Å²) in [6.07, 6.45) is 4.97. The summed E-state index contributed by atoms with van der Waals surface area (Å²) >= 11 is 0. The minimum atomic E-state index is -1.33. The number of nitrogens with one attached hydrogen (secondary N) is 4. The Morgan fingerprint density at radius 1 is 0.698 bits per heavy atom. The van der Waals surface area contributed by atoms with Gasteiger partial charge in [-0.2, -0.15) is 0 Å². The van der Waals surface area contributed by atoms with Crippen LogP contribution in [0.2, 0.25) is 0 Å². The Morgan fingerprint density at radius 3 is 1.89 bits per heavy atom. The molecule has 3 amide bonds. The number of carbonyl (C=O) groups excluding carboxylic acids is 5. The third-order valence-corrected chi connectivity index (χ3v) is 10.4. The maximum absolute atomic E-state index is 13.7. The van der Waals surface area contributed by atoms with Crippen LogP contribution in [0.1, 0.15) is 82.7 Å². The van der Waals surface area contributed by atoms with Crippen LogP contribution in [0.25, 0.3) is 6.08 Å². The molecule has 15 nitrogen and oxygen atoms in total. The molecule has 6 rings (SSSR count). The van der Waals surface area contributed by atoms with E-state index in [4.69, 9.17) is 0 Å². The number of anilines is 3. The highest BCUT2D eigenvalue weighted by Gasteiger charge is 2.25. The molecule has 63 heavy (non-hydrogen) atoms. The summed E-state index contributed by atoms with van der Waals surface area (Å²) in [5, 5.41) is 47.9. The van der Waals surface area contributed by atoms with Gasteiger partial charge in [-0.3, -0.25) is 24.0 Å². The second kappa shape index (κ2) is 19.4. The molecule has 0 saturated carbocycles. The lowest BCUT2D eigenvalue weighted by molar-refractivity contribution is -0.120. The van der Waals surface area contributed by atoms with Gasteiger partial charge in [-0.25, -0.2) is 9.78 Å². The van der Waals surface area contributed by atoms with Gasteiger partial charge in [-0.1, -0.05) is 36.4 Å². The molecular weight excluding hydrogens is 807 g/mol. The smallest absolute Gasteiger partial charge is 0.339 e. The van der Waals surface area contributed by atoms with Crippen LogP contribution in [0.15, 0.2) is 115 Å². The number of Topliss-reactive ketones (excluding diaryl/α,β-unsaturated/α-hetero) is 2. The molecule has 320 valence electrons. The molecule has 0 aliphatic heterocycles. The van der Waals surface area contributed by atoms with E-state index in [-0.39, 0.29) is 75.8 Å². The molecule has 1 aromatic heterocycles. The highest BCUT2D eigenvalue weighted by atomic mass is 16.4. The van der Waals surface area contributed by atoms with Crippen LogP contribution in [0.3, 0.4) is 0 Å². The topological polar surface area (TPSA) is 248 Å². The van der Waals surface area contributed by atoms with Gasteiger partial charge in [0.25, 0.3) is 11.8 Å². The van der Waals surface area contributed by atoms with Gasteiger partial charge in [0.1, 0.15) is 22.8 Å². The first-order valence-electron chi connectivity index (χ1n) is 19.6. The number of hydrogen-bond donors (Lipinski definition) is 8. The fourth-order valence-corrected chi connectivity index (χ4v) is 6.66. The number of hydrogen-bond acceptors (Lipinski definition) is 10. The van der Waals surface area contributed by atoms with Gasteiger partial charge in [0.2, 0.25) is 5.91 Å².